The van der Waals surface area contributed by atoms with Gasteiger partial charge in [0, 0.05) is 40.0 Å². The first-order valence-corrected chi connectivity index (χ1v) is 12.2. The van der Waals surface area contributed by atoms with E-state index in [9.17, 15) is 4.79 Å². The molecule has 1 amide bonds. The highest BCUT2D eigenvalue weighted by molar-refractivity contribution is 9.10. The monoisotopic (exact) mass is 527 g/mol. The number of benzene rings is 3. The van der Waals surface area contributed by atoms with Crippen LogP contribution in [0.1, 0.15) is 36.2 Å². The van der Waals surface area contributed by atoms with Crippen molar-refractivity contribution in [3.63, 3.8) is 0 Å². The van der Waals surface area contributed by atoms with Crippen LogP contribution >= 0.6 is 15.9 Å². The molecule has 3 aromatic carbocycles. The van der Waals surface area contributed by atoms with E-state index < -0.39 is 0 Å². The summed E-state index contributed by atoms with van der Waals surface area (Å²) in [7, 11) is 0. The van der Waals surface area contributed by atoms with E-state index in [2.05, 4.69) is 34.1 Å². The van der Waals surface area contributed by atoms with Gasteiger partial charge in [0.2, 0.25) is 12.7 Å². The summed E-state index contributed by atoms with van der Waals surface area (Å²) in [6.07, 6.45) is 0.571. The van der Waals surface area contributed by atoms with Crippen molar-refractivity contribution in [3.05, 3.63) is 88.0 Å². The summed E-state index contributed by atoms with van der Waals surface area (Å²) in [5.74, 6) is 1.30. The minimum absolute atomic E-state index is 0.113. The first-order chi connectivity index (χ1) is 17.0. The lowest BCUT2D eigenvalue weighted by molar-refractivity contribution is -0.130. The number of rotatable bonds is 3. The van der Waals surface area contributed by atoms with Crippen LogP contribution < -0.4 is 9.47 Å². The number of aromatic nitrogens is 1. The first-order valence-electron chi connectivity index (χ1n) is 11.4. The van der Waals surface area contributed by atoms with Crippen LogP contribution in [-0.4, -0.2) is 28.4 Å². The number of ether oxygens (including phenoxy) is 2. The van der Waals surface area contributed by atoms with Crippen LogP contribution in [0.5, 0.6) is 11.5 Å². The number of pyridine rings is 1. The Hall–Kier alpha value is -3.71. The third-order valence-electron chi connectivity index (χ3n) is 6.49. The van der Waals surface area contributed by atoms with Crippen LogP contribution in [0.4, 0.5) is 0 Å². The van der Waals surface area contributed by atoms with Crippen molar-refractivity contribution >= 4 is 38.5 Å². The molecule has 35 heavy (non-hydrogen) atoms. The molecule has 4 aromatic rings. The number of hydrazone groups is 1. The standard InChI is InChI=1S/C28H22BrN3O3/c1-16-27(28(18-6-4-3-5-7-18)21-13-20(29)9-10-22(21)30-16)23-14-24(32(31-23)17(2)33)19-8-11-25-26(12-19)35-15-34-25/h3-13,24H,14-15H2,1-2H3/t24-/m1/s1. The Kier molecular flexibility index (Phi) is 5.29. The minimum Gasteiger partial charge on any atom is -0.454 e. The summed E-state index contributed by atoms with van der Waals surface area (Å²) in [6.45, 7) is 3.77. The maximum Gasteiger partial charge on any atom is 0.240 e. The molecule has 0 bridgehead atoms. The molecule has 0 radical (unpaired) electrons. The van der Waals surface area contributed by atoms with Crippen molar-refractivity contribution in [1.82, 2.24) is 9.99 Å². The lowest BCUT2D eigenvalue weighted by atomic mass is 9.89. The number of amides is 1. The Balaban J connectivity index is 1.53. The summed E-state index contributed by atoms with van der Waals surface area (Å²) in [6, 6.07) is 22.0. The van der Waals surface area contributed by atoms with E-state index in [4.69, 9.17) is 19.6 Å². The highest BCUT2D eigenvalue weighted by atomic mass is 79.9. The third-order valence-corrected chi connectivity index (χ3v) is 6.99. The topological polar surface area (TPSA) is 64.0 Å². The second-order valence-corrected chi connectivity index (χ2v) is 9.63. The van der Waals surface area contributed by atoms with Gasteiger partial charge in [0.1, 0.15) is 0 Å². The van der Waals surface area contributed by atoms with Crippen molar-refractivity contribution in [3.8, 4) is 22.6 Å². The van der Waals surface area contributed by atoms with E-state index >= 15 is 0 Å². The van der Waals surface area contributed by atoms with Gasteiger partial charge in [-0.2, -0.15) is 5.10 Å². The van der Waals surface area contributed by atoms with E-state index in [0.29, 0.717) is 17.9 Å². The van der Waals surface area contributed by atoms with Crippen LogP contribution in [0.25, 0.3) is 22.0 Å². The zero-order valence-corrected chi connectivity index (χ0v) is 20.9. The number of hydrogen-bond acceptors (Lipinski definition) is 5. The van der Waals surface area contributed by atoms with E-state index in [-0.39, 0.29) is 18.7 Å². The SMILES string of the molecule is CC(=O)N1N=C(c2c(C)nc3ccc(Br)cc3c2-c2ccccc2)C[C@@H]1c1ccc2c(c1)OCO2. The van der Waals surface area contributed by atoms with Gasteiger partial charge in [0.05, 0.1) is 17.3 Å². The molecule has 0 spiro atoms. The number of nitrogens with zero attached hydrogens (tertiary/aromatic N) is 3. The van der Waals surface area contributed by atoms with Crippen LogP contribution in [0.15, 0.2) is 76.3 Å². The smallest absolute Gasteiger partial charge is 0.240 e. The second kappa shape index (κ2) is 8.50. The summed E-state index contributed by atoms with van der Waals surface area (Å²) < 4.78 is 12.0. The molecule has 0 saturated carbocycles. The van der Waals surface area contributed by atoms with Gasteiger partial charge in [-0.05, 0) is 48.4 Å². The zero-order chi connectivity index (χ0) is 24.1. The number of carbonyl (C=O) groups excluding carboxylic acids is 1. The number of hydrogen-bond donors (Lipinski definition) is 0. The molecular formula is C28H22BrN3O3. The molecule has 0 saturated heterocycles. The molecule has 3 heterocycles. The molecule has 174 valence electrons. The average molecular weight is 528 g/mol. The van der Waals surface area contributed by atoms with Crippen molar-refractivity contribution in [2.24, 2.45) is 5.10 Å². The zero-order valence-electron chi connectivity index (χ0n) is 19.3. The van der Waals surface area contributed by atoms with Gasteiger partial charge in [-0.1, -0.05) is 52.3 Å². The summed E-state index contributed by atoms with van der Waals surface area (Å²) >= 11 is 3.63. The summed E-state index contributed by atoms with van der Waals surface area (Å²) in [4.78, 5) is 17.6. The van der Waals surface area contributed by atoms with Gasteiger partial charge in [-0.15, -0.1) is 0 Å². The molecule has 6 nitrogen and oxygen atoms in total. The fourth-order valence-corrected chi connectivity index (χ4v) is 5.31. The molecule has 1 atom stereocenters. The quantitative estimate of drug-likeness (QED) is 0.309. The molecule has 0 aliphatic carbocycles. The van der Waals surface area contributed by atoms with Crippen LogP contribution in [0.2, 0.25) is 0 Å². The number of fused-ring (bicyclic) bond motifs is 2. The molecule has 0 N–H and O–H groups in total. The second-order valence-electron chi connectivity index (χ2n) is 8.72. The van der Waals surface area contributed by atoms with Gasteiger partial charge in [-0.3, -0.25) is 9.78 Å². The maximum atomic E-state index is 12.7. The minimum atomic E-state index is -0.238. The van der Waals surface area contributed by atoms with Gasteiger partial charge in [0.25, 0.3) is 0 Å². The Morgan fingerprint density at radius 2 is 1.80 bits per heavy atom. The normalized spacial score (nSPS) is 16.6. The fraction of sp³-hybridized carbons (Fsp3) is 0.179. The van der Waals surface area contributed by atoms with E-state index in [1.807, 2.05) is 55.5 Å². The Morgan fingerprint density at radius 1 is 1.00 bits per heavy atom. The highest BCUT2D eigenvalue weighted by Gasteiger charge is 2.34. The average Bonchev–Trinajstić information content (AvgIpc) is 3.51. The van der Waals surface area contributed by atoms with Gasteiger partial charge in [0.15, 0.2) is 11.5 Å². The van der Waals surface area contributed by atoms with Crippen molar-refractivity contribution in [2.45, 2.75) is 26.3 Å². The molecule has 6 rings (SSSR count). The maximum absolute atomic E-state index is 12.7. The van der Waals surface area contributed by atoms with Crippen molar-refractivity contribution in [2.75, 3.05) is 6.79 Å². The van der Waals surface area contributed by atoms with Crippen molar-refractivity contribution in [1.29, 1.82) is 0 Å². The summed E-state index contributed by atoms with van der Waals surface area (Å²) in [5, 5.41) is 7.47. The molecule has 0 unspecified atom stereocenters. The predicted molar refractivity (Wildman–Crippen MR) is 139 cm³/mol. The number of aryl methyl sites for hydroxylation is 1. The van der Waals surface area contributed by atoms with Crippen LogP contribution in [0.3, 0.4) is 0 Å². The van der Waals surface area contributed by atoms with Gasteiger partial charge < -0.3 is 9.47 Å². The van der Waals surface area contributed by atoms with Crippen LogP contribution in [0, 0.1) is 6.92 Å². The lowest BCUT2D eigenvalue weighted by Crippen LogP contribution is -2.24. The first kappa shape index (κ1) is 21.8. The number of carbonyl (C=O) groups is 1. The van der Waals surface area contributed by atoms with Crippen LogP contribution in [-0.2, 0) is 4.79 Å². The fourth-order valence-electron chi connectivity index (χ4n) is 4.95. The molecule has 2 aliphatic heterocycles. The third kappa shape index (κ3) is 3.76. The molecular weight excluding hydrogens is 506 g/mol. The van der Waals surface area contributed by atoms with E-state index in [1.165, 1.54) is 0 Å². The Morgan fingerprint density at radius 3 is 2.60 bits per heavy atom. The number of halogens is 1. The summed E-state index contributed by atoms with van der Waals surface area (Å²) in [5.41, 5.74) is 6.72. The highest BCUT2D eigenvalue weighted by Crippen LogP contribution is 2.42. The largest absolute Gasteiger partial charge is 0.454 e. The molecule has 7 heteroatoms. The van der Waals surface area contributed by atoms with E-state index in [0.717, 1.165) is 49.0 Å². The Bertz CT molecular complexity index is 1520. The molecule has 2 aliphatic rings. The van der Waals surface area contributed by atoms with E-state index in [1.54, 1.807) is 11.9 Å². The molecule has 1 aromatic heterocycles. The van der Waals surface area contributed by atoms with Gasteiger partial charge >= 0.3 is 0 Å². The van der Waals surface area contributed by atoms with Gasteiger partial charge in [-0.25, -0.2) is 5.01 Å². The lowest BCUT2D eigenvalue weighted by Gasteiger charge is -2.20. The molecule has 0 fully saturated rings. The Labute approximate surface area is 211 Å². The van der Waals surface area contributed by atoms with Crippen molar-refractivity contribution < 1.29 is 14.3 Å². The predicted octanol–water partition coefficient (Wildman–Crippen LogP) is 6.40.